The number of hydrogen-bond acceptors (Lipinski definition) is 5. The Balaban J connectivity index is 1.60. The van der Waals surface area contributed by atoms with E-state index in [4.69, 9.17) is 18.4 Å². The van der Waals surface area contributed by atoms with Crippen LogP contribution in [0.15, 0.2) is 42.1 Å². The third-order valence-electron chi connectivity index (χ3n) is 5.63. The van der Waals surface area contributed by atoms with Crippen LogP contribution in [0, 0.1) is 11.7 Å². The first-order valence-corrected chi connectivity index (χ1v) is 10.7. The van der Waals surface area contributed by atoms with Gasteiger partial charge < -0.3 is 5.73 Å². The smallest absolute Gasteiger partial charge is 0.239 e. The minimum atomic E-state index is -0.588. The van der Waals surface area contributed by atoms with Gasteiger partial charge in [0.1, 0.15) is 12.4 Å². The molecule has 2 fully saturated rings. The van der Waals surface area contributed by atoms with Gasteiger partial charge in [-0.1, -0.05) is 18.2 Å². The lowest BCUT2D eigenvalue weighted by atomic mass is 9.93. The van der Waals surface area contributed by atoms with E-state index in [1.165, 1.54) is 10.7 Å². The topological polar surface area (TPSA) is 81.2 Å². The maximum atomic E-state index is 14.6. The van der Waals surface area contributed by atoms with E-state index in [-0.39, 0.29) is 29.3 Å². The fourth-order valence-corrected chi connectivity index (χ4v) is 4.24. The molecule has 30 heavy (non-hydrogen) atoms. The lowest BCUT2D eigenvalue weighted by Crippen LogP contribution is -2.42. The predicted molar refractivity (Wildman–Crippen MR) is 115 cm³/mol. The Morgan fingerprint density at radius 3 is 2.73 bits per heavy atom. The van der Waals surface area contributed by atoms with Gasteiger partial charge in [0.25, 0.3) is 0 Å². The molecule has 0 bridgehead atoms. The van der Waals surface area contributed by atoms with E-state index in [1.54, 1.807) is 30.5 Å². The third-order valence-corrected chi connectivity index (χ3v) is 6.22. The molecule has 0 radical (unpaired) electrons. The lowest BCUT2D eigenvalue weighted by Gasteiger charge is -2.37. The zero-order valence-corrected chi connectivity index (χ0v) is 17.5. The number of nitrogens with zero attached hydrogens (tertiary/aromatic N) is 3. The number of halogens is 1. The minimum Gasteiger partial charge on any atom is -0.368 e. The van der Waals surface area contributed by atoms with Crippen molar-refractivity contribution in [2.24, 2.45) is 11.7 Å². The van der Waals surface area contributed by atoms with E-state index in [1.807, 2.05) is 6.08 Å². The number of Topliss-reactive ketones (excluding diaryl/α,β-unsaturated/α-hetero) is 1. The second-order valence-electron chi connectivity index (χ2n) is 8.00. The average molecular weight is 429 g/mol. The van der Waals surface area contributed by atoms with E-state index in [2.05, 4.69) is 10.00 Å². The van der Waals surface area contributed by atoms with Gasteiger partial charge in [-0.25, -0.2) is 4.39 Å². The van der Waals surface area contributed by atoms with Crippen molar-refractivity contribution in [2.45, 2.75) is 37.1 Å². The number of nitrogens with two attached hydrogens (primary N) is 1. The summed E-state index contributed by atoms with van der Waals surface area (Å²) < 4.78 is 16.1. The van der Waals surface area contributed by atoms with Crippen LogP contribution in [-0.2, 0) is 16.1 Å². The second-order valence-corrected chi connectivity index (χ2v) is 8.62. The average Bonchev–Trinajstić information content (AvgIpc) is 3.47. The van der Waals surface area contributed by atoms with Gasteiger partial charge in [-0.15, -0.1) is 0 Å². The number of primary amides is 1. The molecule has 8 heteroatoms. The molecular formula is C22H25FN4O2S. The molecule has 2 aromatic rings. The van der Waals surface area contributed by atoms with Gasteiger partial charge >= 0.3 is 0 Å². The minimum absolute atomic E-state index is 0.0187. The van der Waals surface area contributed by atoms with Crippen molar-refractivity contribution in [1.82, 2.24) is 14.7 Å². The molecule has 2 atom stereocenters. The number of carbonyl (C=O) groups is 2. The second kappa shape index (κ2) is 8.73. The fourth-order valence-electron chi connectivity index (χ4n) is 3.96. The summed E-state index contributed by atoms with van der Waals surface area (Å²) in [6.07, 6.45) is 6.14. The molecule has 1 aromatic heterocycles. The van der Waals surface area contributed by atoms with Gasteiger partial charge in [-0.2, -0.15) is 17.7 Å². The number of thiol groups is 1. The number of carbonyl (C=O) groups excluding carboxylic acids is 2. The summed E-state index contributed by atoms with van der Waals surface area (Å²) in [5.41, 5.74) is 7.37. The number of benzene rings is 1. The molecule has 1 aliphatic carbocycles. The highest BCUT2D eigenvalue weighted by Gasteiger charge is 2.40. The molecule has 0 spiro atoms. The predicted octanol–water partition coefficient (Wildman–Crippen LogP) is 2.62. The van der Waals surface area contributed by atoms with Crippen LogP contribution in [0.4, 0.5) is 4.39 Å². The number of hydrogen-bond donors (Lipinski definition) is 2. The Morgan fingerprint density at radius 2 is 2.03 bits per heavy atom. The van der Waals surface area contributed by atoms with Crippen LogP contribution in [0.1, 0.15) is 36.6 Å². The summed E-state index contributed by atoms with van der Waals surface area (Å²) >= 11 is 4.71. The largest absolute Gasteiger partial charge is 0.368 e. The van der Waals surface area contributed by atoms with E-state index in [9.17, 15) is 14.0 Å². The van der Waals surface area contributed by atoms with E-state index in [0.717, 1.165) is 24.8 Å². The molecule has 1 saturated carbocycles. The first-order chi connectivity index (χ1) is 14.4. The normalized spacial score (nSPS) is 22.2. The van der Waals surface area contributed by atoms with Crippen molar-refractivity contribution in [2.75, 3.05) is 13.1 Å². The van der Waals surface area contributed by atoms with E-state index in [0.29, 0.717) is 24.3 Å². The Labute approximate surface area is 180 Å². The Morgan fingerprint density at radius 1 is 1.27 bits per heavy atom. The monoisotopic (exact) mass is 428 g/mol. The van der Waals surface area contributed by atoms with Crippen LogP contribution < -0.4 is 5.73 Å². The summed E-state index contributed by atoms with van der Waals surface area (Å²) in [5.74, 6) is -0.678. The van der Waals surface area contributed by atoms with Crippen molar-refractivity contribution >= 4 is 30.4 Å². The number of ketones is 1. The van der Waals surface area contributed by atoms with Gasteiger partial charge in [-0.3, -0.25) is 19.2 Å². The maximum absolute atomic E-state index is 14.6. The zero-order valence-electron chi connectivity index (χ0n) is 16.6. The van der Waals surface area contributed by atoms with Gasteiger partial charge in [-0.05, 0) is 43.0 Å². The zero-order chi connectivity index (χ0) is 21.3. The first-order valence-electron chi connectivity index (χ1n) is 10.1. The molecule has 2 aliphatic rings. The van der Waals surface area contributed by atoms with Crippen LogP contribution >= 0.6 is 12.6 Å². The summed E-state index contributed by atoms with van der Waals surface area (Å²) in [4.78, 5) is 26.2. The molecule has 6 nitrogen and oxygen atoms in total. The molecule has 1 aromatic carbocycles. The highest BCUT2D eigenvalue weighted by atomic mass is 32.1. The lowest BCUT2D eigenvalue weighted by molar-refractivity contribution is -0.126. The molecule has 2 heterocycles. The van der Waals surface area contributed by atoms with Crippen LogP contribution in [0.25, 0.3) is 6.08 Å². The number of likely N-dealkylation sites (tertiary alicyclic amines) is 1. The molecule has 1 amide bonds. The van der Waals surface area contributed by atoms with E-state index >= 15 is 0 Å². The van der Waals surface area contributed by atoms with Gasteiger partial charge in [0.2, 0.25) is 5.91 Å². The summed E-state index contributed by atoms with van der Waals surface area (Å²) in [5, 5.41) is 4.38. The Kier molecular flexibility index (Phi) is 6.06. The van der Waals surface area contributed by atoms with Crippen molar-refractivity contribution < 1.29 is 14.0 Å². The molecule has 4 rings (SSSR count). The van der Waals surface area contributed by atoms with Gasteiger partial charge in [0.15, 0.2) is 5.78 Å². The molecule has 2 unspecified atom stereocenters. The van der Waals surface area contributed by atoms with Crippen molar-refractivity contribution in [3.8, 4) is 0 Å². The van der Waals surface area contributed by atoms with Gasteiger partial charge in [0, 0.05) is 36.0 Å². The van der Waals surface area contributed by atoms with Crippen molar-refractivity contribution in [3.63, 3.8) is 0 Å². The van der Waals surface area contributed by atoms with Crippen LogP contribution in [0.5, 0.6) is 0 Å². The molecule has 158 valence electrons. The Bertz CT molecular complexity index is 985. The van der Waals surface area contributed by atoms with Crippen LogP contribution in [-0.4, -0.2) is 44.7 Å². The molecule has 1 aliphatic heterocycles. The molecule has 1 saturated heterocycles. The highest BCUT2D eigenvalue weighted by Crippen LogP contribution is 2.39. The number of rotatable bonds is 7. The Hall–Kier alpha value is -2.45. The number of piperidine rings is 1. The van der Waals surface area contributed by atoms with E-state index < -0.39 is 11.9 Å². The first kappa shape index (κ1) is 20.8. The van der Waals surface area contributed by atoms with Gasteiger partial charge in [0.05, 0.1) is 11.7 Å². The fraction of sp³-hybridized carbons (Fsp3) is 0.409. The summed E-state index contributed by atoms with van der Waals surface area (Å²) in [7, 11) is 0. The third kappa shape index (κ3) is 4.65. The molecule has 2 N–H and O–H groups in total. The van der Waals surface area contributed by atoms with Crippen LogP contribution in [0.2, 0.25) is 0 Å². The highest BCUT2D eigenvalue weighted by molar-refractivity contribution is 7.81. The summed E-state index contributed by atoms with van der Waals surface area (Å²) in [6.45, 7) is 1.19. The summed E-state index contributed by atoms with van der Waals surface area (Å²) in [6, 6.07) is 7.76. The van der Waals surface area contributed by atoms with Crippen LogP contribution in [0.3, 0.4) is 0 Å². The maximum Gasteiger partial charge on any atom is 0.239 e. The standard InChI is InChI=1S/C22H25FN4O2S/c23-18-4-2-1-3-17(18)21(22(29)14-5-6-14)26-9-8-19(30)15(12-26)11-16-7-10-27(25-16)13-20(24)28/h1-4,7,10-11,14,19,21,30H,5-6,8-9,12-13H2,(H2,24,28)/b15-11-. The number of amides is 1. The van der Waals surface area contributed by atoms with Crippen molar-refractivity contribution in [1.29, 1.82) is 0 Å². The van der Waals surface area contributed by atoms with Crippen molar-refractivity contribution in [3.05, 3.63) is 59.2 Å². The quantitative estimate of drug-likeness (QED) is 0.665. The SMILES string of the molecule is NC(=O)Cn1ccc(/C=C2/CN(C(C(=O)C3CC3)c3ccccc3F)CCC2S)n1. The molecular weight excluding hydrogens is 403 g/mol. The number of aromatic nitrogens is 2.